The van der Waals surface area contributed by atoms with E-state index in [1.165, 1.54) is 0 Å². The van der Waals surface area contributed by atoms with E-state index in [0.29, 0.717) is 18.7 Å². The third-order valence-electron chi connectivity index (χ3n) is 5.53. The Balaban J connectivity index is 1.39. The number of para-hydroxylation sites is 1. The van der Waals surface area contributed by atoms with Crippen molar-refractivity contribution in [3.63, 3.8) is 0 Å². The van der Waals surface area contributed by atoms with Gasteiger partial charge in [0.15, 0.2) is 0 Å². The summed E-state index contributed by atoms with van der Waals surface area (Å²) >= 11 is 3.40. The highest BCUT2D eigenvalue weighted by molar-refractivity contribution is 9.10. The largest absolute Gasteiger partial charge is 0.380 e. The van der Waals surface area contributed by atoms with Crippen LogP contribution in [0.15, 0.2) is 59.1 Å². The molecule has 2 aromatic rings. The molecule has 0 spiro atoms. The molecular weight excluding hydrogens is 418 g/mol. The zero-order valence-electron chi connectivity index (χ0n) is 15.7. The average Bonchev–Trinajstić information content (AvgIpc) is 3.38. The van der Waals surface area contributed by atoms with Crippen LogP contribution in [0.1, 0.15) is 29.6 Å². The second-order valence-corrected chi connectivity index (χ2v) is 8.36. The summed E-state index contributed by atoms with van der Waals surface area (Å²) in [7, 11) is 0. The minimum absolute atomic E-state index is 0.0542. The topological polar surface area (TPSA) is 52.7 Å². The van der Waals surface area contributed by atoms with Gasteiger partial charge in [-0.3, -0.25) is 9.59 Å². The molecular formula is C22H24BrN3O2. The maximum Gasteiger partial charge on any atom is 0.254 e. The minimum Gasteiger partial charge on any atom is -0.380 e. The van der Waals surface area contributed by atoms with Gasteiger partial charge in [0.05, 0.1) is 0 Å². The van der Waals surface area contributed by atoms with Gasteiger partial charge in [-0.2, -0.15) is 0 Å². The van der Waals surface area contributed by atoms with Crippen molar-refractivity contribution >= 4 is 33.4 Å². The van der Waals surface area contributed by atoms with E-state index in [2.05, 4.69) is 21.2 Å². The zero-order valence-corrected chi connectivity index (χ0v) is 17.3. The number of likely N-dealkylation sites (tertiary alicyclic amines) is 2. The maximum absolute atomic E-state index is 13.1. The van der Waals surface area contributed by atoms with E-state index in [-0.39, 0.29) is 23.9 Å². The Kier molecular flexibility index (Phi) is 5.67. The maximum atomic E-state index is 13.1. The van der Waals surface area contributed by atoms with Gasteiger partial charge in [-0.05, 0) is 55.7 Å². The molecule has 2 aliphatic rings. The third kappa shape index (κ3) is 4.07. The standard InChI is InChI=1S/C22H24BrN3O2/c23-17-10-8-16(9-11-17)21(27)26-13-4-7-20(26)22(28)25-14-12-19(15-25)24-18-5-2-1-3-6-18/h1-3,5-6,8-11,19-20,24H,4,7,12-15H2. The van der Waals surface area contributed by atoms with E-state index in [1.54, 1.807) is 4.90 Å². The predicted octanol–water partition coefficient (Wildman–Crippen LogP) is 3.77. The lowest BCUT2D eigenvalue weighted by molar-refractivity contribution is -0.134. The summed E-state index contributed by atoms with van der Waals surface area (Å²) in [4.78, 5) is 29.7. The van der Waals surface area contributed by atoms with Gasteiger partial charge in [-0.25, -0.2) is 0 Å². The number of carbonyl (C=O) groups excluding carboxylic acids is 2. The second-order valence-electron chi connectivity index (χ2n) is 7.44. The van der Waals surface area contributed by atoms with Crippen molar-refractivity contribution in [1.82, 2.24) is 9.80 Å². The van der Waals surface area contributed by atoms with Crippen molar-refractivity contribution in [2.24, 2.45) is 0 Å². The number of benzene rings is 2. The molecule has 2 heterocycles. The monoisotopic (exact) mass is 441 g/mol. The van der Waals surface area contributed by atoms with Crippen LogP contribution in [0.25, 0.3) is 0 Å². The van der Waals surface area contributed by atoms with Gasteiger partial charge < -0.3 is 15.1 Å². The summed E-state index contributed by atoms with van der Waals surface area (Å²) in [5.74, 6) is 0.0295. The highest BCUT2D eigenvalue weighted by Crippen LogP contribution is 2.25. The van der Waals surface area contributed by atoms with Gasteiger partial charge in [0, 0.05) is 41.4 Å². The summed E-state index contributed by atoms with van der Waals surface area (Å²) < 4.78 is 0.937. The lowest BCUT2D eigenvalue weighted by Crippen LogP contribution is -2.47. The highest BCUT2D eigenvalue weighted by Gasteiger charge is 2.38. The van der Waals surface area contributed by atoms with Crippen LogP contribution in [0, 0.1) is 0 Å². The van der Waals surface area contributed by atoms with Crippen LogP contribution in [0.3, 0.4) is 0 Å². The molecule has 28 heavy (non-hydrogen) atoms. The third-order valence-corrected chi connectivity index (χ3v) is 6.06. The molecule has 2 saturated heterocycles. The Morgan fingerprint density at radius 2 is 1.71 bits per heavy atom. The molecule has 6 heteroatoms. The Morgan fingerprint density at radius 3 is 2.46 bits per heavy atom. The molecule has 0 aliphatic carbocycles. The van der Waals surface area contributed by atoms with Crippen molar-refractivity contribution in [3.8, 4) is 0 Å². The zero-order chi connectivity index (χ0) is 19.5. The smallest absolute Gasteiger partial charge is 0.254 e. The summed E-state index contributed by atoms with van der Waals surface area (Å²) in [6.45, 7) is 2.07. The SMILES string of the molecule is O=C(C1CCCN1C(=O)c1ccc(Br)cc1)N1CCC(Nc2ccccc2)C1. The number of carbonyl (C=O) groups is 2. The predicted molar refractivity (Wildman–Crippen MR) is 113 cm³/mol. The van der Waals surface area contributed by atoms with Crippen LogP contribution >= 0.6 is 15.9 Å². The molecule has 1 N–H and O–H groups in total. The number of nitrogens with one attached hydrogen (secondary N) is 1. The first-order chi connectivity index (χ1) is 13.6. The first-order valence-corrected chi connectivity index (χ1v) is 10.6. The first-order valence-electron chi connectivity index (χ1n) is 9.79. The highest BCUT2D eigenvalue weighted by atomic mass is 79.9. The van der Waals surface area contributed by atoms with Crippen LogP contribution in [0.4, 0.5) is 5.69 Å². The fourth-order valence-corrected chi connectivity index (χ4v) is 4.35. The molecule has 5 nitrogen and oxygen atoms in total. The quantitative estimate of drug-likeness (QED) is 0.785. The number of rotatable bonds is 4. The molecule has 2 amide bonds. The Hall–Kier alpha value is -2.34. The van der Waals surface area contributed by atoms with E-state index in [9.17, 15) is 9.59 Å². The van der Waals surface area contributed by atoms with Gasteiger partial charge >= 0.3 is 0 Å². The van der Waals surface area contributed by atoms with E-state index < -0.39 is 0 Å². The summed E-state index contributed by atoms with van der Waals surface area (Å²) in [5, 5.41) is 3.50. The minimum atomic E-state index is -0.341. The molecule has 2 unspecified atom stereocenters. The van der Waals surface area contributed by atoms with Gasteiger partial charge in [-0.15, -0.1) is 0 Å². The Morgan fingerprint density at radius 1 is 0.964 bits per heavy atom. The molecule has 0 bridgehead atoms. The number of hydrogen-bond donors (Lipinski definition) is 1. The normalized spacial score (nSPS) is 21.8. The number of anilines is 1. The Labute approximate surface area is 173 Å². The molecule has 4 rings (SSSR count). The molecule has 0 saturated carbocycles. The van der Waals surface area contributed by atoms with Crippen molar-refractivity contribution in [2.45, 2.75) is 31.3 Å². The lowest BCUT2D eigenvalue weighted by Gasteiger charge is -2.28. The summed E-state index contributed by atoms with van der Waals surface area (Å²) in [5.41, 5.74) is 1.71. The molecule has 146 valence electrons. The van der Waals surface area contributed by atoms with Gasteiger partial charge in [0.1, 0.15) is 6.04 Å². The van der Waals surface area contributed by atoms with Crippen molar-refractivity contribution in [2.75, 3.05) is 25.0 Å². The molecule has 2 aliphatic heterocycles. The van der Waals surface area contributed by atoms with E-state index >= 15 is 0 Å². The molecule has 2 aromatic carbocycles. The fraction of sp³-hybridized carbons (Fsp3) is 0.364. The van der Waals surface area contributed by atoms with E-state index in [4.69, 9.17) is 0 Å². The molecule has 0 aromatic heterocycles. The van der Waals surface area contributed by atoms with E-state index in [0.717, 1.165) is 36.0 Å². The van der Waals surface area contributed by atoms with E-state index in [1.807, 2.05) is 59.5 Å². The van der Waals surface area contributed by atoms with Crippen LogP contribution in [-0.2, 0) is 4.79 Å². The van der Waals surface area contributed by atoms with Crippen LogP contribution in [-0.4, -0.2) is 53.3 Å². The van der Waals surface area contributed by atoms with Crippen molar-refractivity contribution in [1.29, 1.82) is 0 Å². The van der Waals surface area contributed by atoms with Gasteiger partial charge in [0.2, 0.25) is 5.91 Å². The van der Waals surface area contributed by atoms with Crippen LogP contribution in [0.5, 0.6) is 0 Å². The fourth-order valence-electron chi connectivity index (χ4n) is 4.08. The van der Waals surface area contributed by atoms with Crippen LogP contribution < -0.4 is 5.32 Å². The lowest BCUT2D eigenvalue weighted by atomic mass is 10.1. The number of halogens is 1. The summed E-state index contributed by atoms with van der Waals surface area (Å²) in [6, 6.07) is 17.3. The number of hydrogen-bond acceptors (Lipinski definition) is 3. The average molecular weight is 442 g/mol. The van der Waals surface area contributed by atoms with Gasteiger partial charge in [-0.1, -0.05) is 34.1 Å². The molecule has 0 radical (unpaired) electrons. The summed E-state index contributed by atoms with van der Waals surface area (Å²) in [6.07, 6.45) is 2.54. The second kappa shape index (κ2) is 8.35. The Bertz CT molecular complexity index is 841. The van der Waals surface area contributed by atoms with Crippen molar-refractivity contribution in [3.05, 3.63) is 64.6 Å². The van der Waals surface area contributed by atoms with Crippen molar-refractivity contribution < 1.29 is 9.59 Å². The first kappa shape index (κ1) is 19.0. The molecule has 2 fully saturated rings. The van der Waals surface area contributed by atoms with Gasteiger partial charge in [0.25, 0.3) is 5.91 Å². The number of amides is 2. The van der Waals surface area contributed by atoms with Crippen LogP contribution in [0.2, 0.25) is 0 Å². The molecule has 2 atom stereocenters. The number of nitrogens with zero attached hydrogens (tertiary/aromatic N) is 2.